The van der Waals surface area contributed by atoms with Gasteiger partial charge in [0.25, 0.3) is 22.2 Å². The average Bonchev–Trinajstić information content (AvgIpc) is 0.766. The number of nitrogens with zero attached hydrogens (tertiary/aromatic N) is 10. The number of aliphatic hydroxyl groups excluding tert-OH is 1. The molecule has 0 aliphatic heterocycles. The van der Waals surface area contributed by atoms with Gasteiger partial charge in [0, 0.05) is 77.5 Å². The van der Waals surface area contributed by atoms with E-state index in [9.17, 15) is 29.1 Å². The Hall–Kier alpha value is -9.24. The van der Waals surface area contributed by atoms with E-state index in [1.807, 2.05) is 67.5 Å². The predicted molar refractivity (Wildman–Crippen MR) is 359 cm³/mol. The first-order valence-electron chi connectivity index (χ1n) is 30.4. The number of esters is 1. The van der Waals surface area contributed by atoms with Crippen LogP contribution in [0.3, 0.4) is 0 Å². The zero-order valence-corrected chi connectivity index (χ0v) is 57.5. The lowest BCUT2D eigenvalue weighted by molar-refractivity contribution is -0.142. The van der Waals surface area contributed by atoms with E-state index in [1.165, 1.54) is 54.9 Å². The normalized spacial score (nSPS) is 11.9. The molecule has 4 aromatic carbocycles. The number of fused-ring (bicyclic) bond motifs is 2. The predicted octanol–water partition coefficient (Wildman–Crippen LogP) is 7.69. The number of hydrogen-bond donors (Lipinski definition) is 5. The molecule has 10 aromatic rings. The van der Waals surface area contributed by atoms with Crippen LogP contribution in [0, 0.1) is 11.6 Å². The fraction of sp³-hybridized carbons (Fsp3) is 0.329. The number of halogens is 3. The van der Waals surface area contributed by atoms with E-state index in [-0.39, 0.29) is 91.6 Å². The Morgan fingerprint density at radius 3 is 1.31 bits per heavy atom. The molecule has 0 spiro atoms. The second kappa shape index (κ2) is 28.1. The molecule has 6 heterocycles. The number of aromatic nitrogens is 10. The van der Waals surface area contributed by atoms with E-state index in [0.29, 0.717) is 56.0 Å². The highest BCUT2D eigenvalue weighted by molar-refractivity contribution is 5.84. The zero-order valence-electron chi connectivity index (χ0n) is 55.4. The molecule has 0 amide bonds. The third-order valence-corrected chi connectivity index (χ3v) is 16.2. The molecule has 0 aliphatic carbocycles. The summed E-state index contributed by atoms with van der Waals surface area (Å²) in [4.78, 5) is 74.6. The highest BCUT2D eigenvalue weighted by atomic mass is 127. The number of hydrogen-bond acceptors (Lipinski definition) is 17. The number of nitrogens with one attached hydrogen (secondary N) is 4. The van der Waals surface area contributed by atoms with Crippen LogP contribution in [-0.2, 0) is 58.7 Å². The summed E-state index contributed by atoms with van der Waals surface area (Å²) in [5, 5.41) is 41.8. The van der Waals surface area contributed by atoms with Gasteiger partial charge in [-0.1, -0.05) is 91.8 Å². The van der Waals surface area contributed by atoms with Crippen LogP contribution >= 0.6 is 0 Å². The van der Waals surface area contributed by atoms with Gasteiger partial charge >= 0.3 is 5.97 Å². The molecular formula is C70H78F2IN14O7-. The number of benzene rings is 4. The summed E-state index contributed by atoms with van der Waals surface area (Å²) in [6.45, 7) is 26.3. The monoisotopic (exact) mass is 1390 g/mol. The molecule has 0 fully saturated rings. The quantitative estimate of drug-likeness (QED) is 0.0432. The Kier molecular flexibility index (Phi) is 21.1. The lowest BCUT2D eigenvalue weighted by atomic mass is 9.86. The van der Waals surface area contributed by atoms with Crippen molar-refractivity contribution in [3.63, 3.8) is 0 Å². The van der Waals surface area contributed by atoms with Crippen LogP contribution < -0.4 is 67.5 Å². The third-order valence-electron chi connectivity index (χ3n) is 16.2. The number of ether oxygens (including phenoxy) is 1. The van der Waals surface area contributed by atoms with Crippen molar-refractivity contribution >= 4 is 50.5 Å². The van der Waals surface area contributed by atoms with Gasteiger partial charge in [-0.15, -0.1) is 0 Å². The van der Waals surface area contributed by atoms with E-state index < -0.39 is 40.9 Å². The second-order valence-electron chi connectivity index (χ2n) is 25.8. The van der Waals surface area contributed by atoms with E-state index in [1.54, 1.807) is 85.2 Å². The number of rotatable bonds is 17. The Balaban J connectivity index is 0.000000239. The largest absolute Gasteiger partial charge is 1.00 e. The summed E-state index contributed by atoms with van der Waals surface area (Å²) in [6.07, 6.45) is 6.40. The summed E-state index contributed by atoms with van der Waals surface area (Å²) in [7, 11) is 3.05. The van der Waals surface area contributed by atoms with Crippen molar-refractivity contribution in [1.82, 2.24) is 59.7 Å². The van der Waals surface area contributed by atoms with Gasteiger partial charge in [0.1, 0.15) is 41.3 Å². The Labute approximate surface area is 559 Å². The van der Waals surface area contributed by atoms with Crippen LogP contribution in [0.15, 0.2) is 141 Å². The summed E-state index contributed by atoms with van der Waals surface area (Å²) < 4.78 is 40.8. The third kappa shape index (κ3) is 15.0. The van der Waals surface area contributed by atoms with Crippen LogP contribution in [0.25, 0.3) is 55.4 Å². The number of aryl methyl sites for hydroxylation is 2. The molecule has 0 bridgehead atoms. The van der Waals surface area contributed by atoms with Crippen LogP contribution in [0.4, 0.5) is 31.8 Å². The molecule has 0 saturated heterocycles. The maximum atomic E-state index is 15.5. The van der Waals surface area contributed by atoms with Crippen molar-refractivity contribution < 1.29 is 47.4 Å². The van der Waals surface area contributed by atoms with E-state index >= 15 is 8.78 Å². The molecule has 5 N–H and O–H groups in total. The van der Waals surface area contributed by atoms with Crippen LogP contribution in [0.5, 0.6) is 0 Å². The molecule has 10 rings (SSSR count). The molecule has 24 heteroatoms. The van der Waals surface area contributed by atoms with Gasteiger partial charge in [-0.05, 0) is 135 Å². The number of carbonyl (C=O) groups is 1. The van der Waals surface area contributed by atoms with Crippen molar-refractivity contribution in [1.29, 1.82) is 0 Å². The van der Waals surface area contributed by atoms with Gasteiger partial charge in [-0.3, -0.25) is 24.0 Å². The molecule has 0 unspecified atom stereocenters. The van der Waals surface area contributed by atoms with E-state index in [0.717, 1.165) is 44.7 Å². The first-order chi connectivity index (χ1) is 43.8. The topological polar surface area (TPSA) is 260 Å². The fourth-order valence-electron chi connectivity index (χ4n) is 10.9. The highest BCUT2D eigenvalue weighted by Crippen LogP contribution is 2.34. The van der Waals surface area contributed by atoms with Gasteiger partial charge in [0.2, 0.25) is 0 Å². The van der Waals surface area contributed by atoms with Gasteiger partial charge in [0.05, 0.1) is 52.5 Å². The fourth-order valence-corrected chi connectivity index (χ4v) is 10.9. The van der Waals surface area contributed by atoms with Crippen molar-refractivity contribution in [2.75, 3.05) is 23.7 Å². The molecule has 6 aromatic heterocycles. The minimum Gasteiger partial charge on any atom is -1.00 e. The van der Waals surface area contributed by atoms with Gasteiger partial charge in [-0.2, -0.15) is 29.8 Å². The van der Waals surface area contributed by atoms with Crippen molar-refractivity contribution in [3.05, 3.63) is 208 Å². The minimum atomic E-state index is -0.672. The standard InChI is InChI=1S/C36H40FN7O4.C34H38FN7O3.HI/c1-9-39-36(6,7)23-13-14-31(38-19-23)41-29-17-28(42-43(8)33(29)46)25-11-10-12-30(26(25)20-48-21(2)45)44-34(47)32-22(18-40-44)15-24(16-27(32)37)35(3,4)5;1-8-37-34(5,6)21-12-13-29(36-18-21)39-27-16-26(40-41(7)31(27)44)23-10-9-11-28(24(23)19-43)42-32(45)30-20(17-38-42)14-22(15-25(30)35)33(2,3)4;/h10-19,39H,9,20H2,1-8H3,(H,38,41);9-18,37,43H,8,19H2,1-7H3,(H,36,39);1H/p-1. The molecule has 21 nitrogen and oxygen atoms in total. The SMILES string of the molecule is CCNC(C)(C)c1ccc(Nc2cc(-c3cccc(-n4ncc5cc(C(C)(C)C)cc(F)c5c4=O)c3CO)nn(C)c2=O)nc1.CCNC(C)(C)c1ccc(Nc2cc(-c3cccc(-n4ncc5cc(C(C)(C)C)cc(F)c5c4=O)c3COC(C)=O)nn(C)c2=O)nc1.[I-]. The molecule has 492 valence electrons. The lowest BCUT2D eigenvalue weighted by Gasteiger charge is -2.26. The number of anilines is 4. The molecule has 94 heavy (non-hydrogen) atoms. The van der Waals surface area contributed by atoms with Crippen LogP contribution in [-0.4, -0.2) is 73.3 Å². The Bertz CT molecular complexity index is 4750. The van der Waals surface area contributed by atoms with Gasteiger partial charge < -0.3 is 55.1 Å². The molecule has 0 saturated carbocycles. The van der Waals surface area contributed by atoms with Crippen molar-refractivity contribution in [2.24, 2.45) is 14.1 Å². The summed E-state index contributed by atoms with van der Waals surface area (Å²) in [5.74, 6) is -0.906. The van der Waals surface area contributed by atoms with E-state index in [4.69, 9.17) is 4.74 Å². The Morgan fingerprint density at radius 1 is 0.543 bits per heavy atom. The zero-order chi connectivity index (χ0) is 67.6. The first kappa shape index (κ1) is 70.6. The second-order valence-corrected chi connectivity index (χ2v) is 25.8. The molecule has 0 radical (unpaired) electrons. The van der Waals surface area contributed by atoms with Crippen molar-refractivity contribution in [3.8, 4) is 33.9 Å². The van der Waals surface area contributed by atoms with Gasteiger partial charge in [0.15, 0.2) is 0 Å². The molecule has 0 atom stereocenters. The summed E-state index contributed by atoms with van der Waals surface area (Å²) in [6, 6.07) is 27.0. The van der Waals surface area contributed by atoms with Crippen LogP contribution in [0.1, 0.15) is 123 Å². The van der Waals surface area contributed by atoms with Crippen LogP contribution in [0.2, 0.25) is 0 Å². The smallest absolute Gasteiger partial charge is 0.302 e. The molecule has 0 aliphatic rings. The van der Waals surface area contributed by atoms with E-state index in [2.05, 4.69) is 79.3 Å². The maximum absolute atomic E-state index is 15.5. The highest BCUT2D eigenvalue weighted by Gasteiger charge is 2.26. The number of aliphatic hydroxyl groups is 1. The summed E-state index contributed by atoms with van der Waals surface area (Å²) >= 11 is 0. The lowest BCUT2D eigenvalue weighted by Crippen LogP contribution is -3.00. The first-order valence-corrected chi connectivity index (χ1v) is 30.4. The number of carbonyl (C=O) groups excluding carboxylic acids is 1. The number of pyridine rings is 2. The van der Waals surface area contributed by atoms with Crippen molar-refractivity contribution in [2.45, 2.75) is 125 Å². The maximum Gasteiger partial charge on any atom is 0.302 e. The average molecular weight is 1390 g/mol. The minimum absolute atomic E-state index is 0. The summed E-state index contributed by atoms with van der Waals surface area (Å²) in [5.41, 5.74) is 3.50. The van der Waals surface area contributed by atoms with Gasteiger partial charge in [-0.25, -0.2) is 28.1 Å². The Morgan fingerprint density at radius 2 is 0.947 bits per heavy atom. The molecular weight excluding hydrogens is 1310 g/mol.